The number of nitrogen functional groups attached to an aromatic ring is 1. The number of aliphatic hydroxyl groups is 1. The second kappa shape index (κ2) is 6.62. The Morgan fingerprint density at radius 2 is 2.06 bits per heavy atom. The molecule has 0 aliphatic carbocycles. The van der Waals surface area contributed by atoms with Crippen molar-refractivity contribution >= 4 is 5.69 Å². The van der Waals surface area contributed by atoms with Crippen LogP contribution in [0.25, 0.3) is 0 Å². The molecule has 0 saturated carbocycles. The van der Waals surface area contributed by atoms with Gasteiger partial charge in [0.15, 0.2) is 0 Å². The molecule has 3 heteroatoms. The van der Waals surface area contributed by atoms with Crippen LogP contribution in [0.2, 0.25) is 0 Å². The molecule has 1 rings (SSSR count). The molecule has 0 aliphatic heterocycles. The van der Waals surface area contributed by atoms with E-state index >= 15 is 0 Å². The molecule has 0 amide bonds. The number of hydrogen-bond acceptors (Lipinski definition) is 3. The van der Waals surface area contributed by atoms with Crippen LogP contribution in [-0.4, -0.2) is 29.2 Å². The second-order valence-corrected chi connectivity index (χ2v) is 4.77. The molecule has 0 spiro atoms. The maximum absolute atomic E-state index is 8.92. The van der Waals surface area contributed by atoms with E-state index in [1.54, 1.807) is 0 Å². The van der Waals surface area contributed by atoms with Gasteiger partial charge in [0.25, 0.3) is 0 Å². The standard InChI is InChI=1S/C14H24N2O/c1-11(2)16(8-5-9-17)10-13-6-4-7-14(15)12(13)3/h4,6-7,11,17H,5,8-10,15H2,1-3H3. The number of rotatable bonds is 6. The van der Waals surface area contributed by atoms with Crippen LogP contribution in [0.3, 0.4) is 0 Å². The van der Waals surface area contributed by atoms with E-state index in [-0.39, 0.29) is 6.61 Å². The Balaban J connectivity index is 2.75. The van der Waals surface area contributed by atoms with Crippen molar-refractivity contribution in [2.45, 2.75) is 39.8 Å². The third-order valence-corrected chi connectivity index (χ3v) is 3.20. The maximum Gasteiger partial charge on any atom is 0.0443 e. The summed E-state index contributed by atoms with van der Waals surface area (Å²) in [4.78, 5) is 2.36. The van der Waals surface area contributed by atoms with E-state index in [4.69, 9.17) is 10.8 Å². The number of benzene rings is 1. The number of nitrogens with two attached hydrogens (primary N) is 1. The zero-order chi connectivity index (χ0) is 12.8. The molecule has 0 aromatic heterocycles. The minimum absolute atomic E-state index is 0.249. The molecule has 0 aliphatic rings. The summed E-state index contributed by atoms with van der Waals surface area (Å²) in [6, 6.07) is 6.54. The second-order valence-electron chi connectivity index (χ2n) is 4.77. The van der Waals surface area contributed by atoms with Gasteiger partial charge in [0.05, 0.1) is 0 Å². The first-order chi connectivity index (χ1) is 8.06. The summed E-state index contributed by atoms with van der Waals surface area (Å²) in [6.45, 7) is 8.49. The minimum Gasteiger partial charge on any atom is -0.399 e. The highest BCUT2D eigenvalue weighted by atomic mass is 16.3. The SMILES string of the molecule is Cc1c(N)cccc1CN(CCCO)C(C)C. The van der Waals surface area contributed by atoms with E-state index in [0.717, 1.165) is 25.2 Å². The first-order valence-electron chi connectivity index (χ1n) is 6.25. The fraction of sp³-hybridized carbons (Fsp3) is 0.571. The first kappa shape index (κ1) is 14.0. The van der Waals surface area contributed by atoms with Gasteiger partial charge in [-0.3, -0.25) is 4.90 Å². The summed E-state index contributed by atoms with van der Waals surface area (Å²) in [5.74, 6) is 0. The van der Waals surface area contributed by atoms with Gasteiger partial charge in [-0.25, -0.2) is 0 Å². The monoisotopic (exact) mass is 236 g/mol. The van der Waals surface area contributed by atoms with E-state index in [0.29, 0.717) is 6.04 Å². The zero-order valence-corrected chi connectivity index (χ0v) is 11.1. The molecule has 96 valence electrons. The van der Waals surface area contributed by atoms with Crippen molar-refractivity contribution in [1.82, 2.24) is 4.90 Å². The normalized spacial score (nSPS) is 11.4. The van der Waals surface area contributed by atoms with Crippen LogP contribution in [-0.2, 0) is 6.54 Å². The summed E-state index contributed by atoms with van der Waals surface area (Å²) in [5, 5.41) is 8.92. The van der Waals surface area contributed by atoms with Gasteiger partial charge in [-0.05, 0) is 44.4 Å². The number of aliphatic hydroxyl groups excluding tert-OH is 1. The van der Waals surface area contributed by atoms with Gasteiger partial charge < -0.3 is 10.8 Å². The van der Waals surface area contributed by atoms with Gasteiger partial charge in [-0.15, -0.1) is 0 Å². The van der Waals surface area contributed by atoms with Crippen molar-refractivity contribution in [2.24, 2.45) is 0 Å². The molecule has 3 N–H and O–H groups in total. The summed E-state index contributed by atoms with van der Waals surface area (Å²) in [6.07, 6.45) is 0.819. The predicted molar refractivity (Wildman–Crippen MR) is 72.8 cm³/mol. The van der Waals surface area contributed by atoms with Crippen LogP contribution in [0.4, 0.5) is 5.69 Å². The van der Waals surface area contributed by atoms with Crippen LogP contribution >= 0.6 is 0 Å². The smallest absolute Gasteiger partial charge is 0.0443 e. The Labute approximate surface area is 104 Å². The molecular formula is C14H24N2O. The molecular weight excluding hydrogens is 212 g/mol. The van der Waals surface area contributed by atoms with Crippen molar-refractivity contribution in [3.05, 3.63) is 29.3 Å². The number of nitrogens with zero attached hydrogens (tertiary/aromatic N) is 1. The first-order valence-corrected chi connectivity index (χ1v) is 6.25. The lowest BCUT2D eigenvalue weighted by atomic mass is 10.1. The Bertz CT molecular complexity index is 350. The molecule has 1 aromatic carbocycles. The van der Waals surface area contributed by atoms with Crippen molar-refractivity contribution in [1.29, 1.82) is 0 Å². The molecule has 0 bridgehead atoms. The summed E-state index contributed by atoms with van der Waals surface area (Å²) in [5.41, 5.74) is 9.21. The quantitative estimate of drug-likeness (QED) is 0.744. The van der Waals surface area contributed by atoms with Gasteiger partial charge in [-0.2, -0.15) is 0 Å². The fourth-order valence-corrected chi connectivity index (χ4v) is 1.89. The van der Waals surface area contributed by atoms with Crippen LogP contribution in [0.5, 0.6) is 0 Å². The van der Waals surface area contributed by atoms with E-state index in [1.807, 2.05) is 12.1 Å². The molecule has 1 aromatic rings. The highest BCUT2D eigenvalue weighted by Gasteiger charge is 2.11. The van der Waals surface area contributed by atoms with Crippen LogP contribution in [0.15, 0.2) is 18.2 Å². The van der Waals surface area contributed by atoms with Gasteiger partial charge in [0.1, 0.15) is 0 Å². The van der Waals surface area contributed by atoms with E-state index in [9.17, 15) is 0 Å². The average molecular weight is 236 g/mol. The number of anilines is 1. The third kappa shape index (κ3) is 4.02. The zero-order valence-electron chi connectivity index (χ0n) is 11.1. The summed E-state index contributed by atoms with van der Waals surface area (Å²) < 4.78 is 0. The van der Waals surface area contributed by atoms with Gasteiger partial charge in [0, 0.05) is 31.4 Å². The van der Waals surface area contributed by atoms with E-state index in [1.165, 1.54) is 11.1 Å². The molecule has 0 atom stereocenters. The van der Waals surface area contributed by atoms with Crippen LogP contribution < -0.4 is 5.73 Å². The van der Waals surface area contributed by atoms with Gasteiger partial charge in [-0.1, -0.05) is 12.1 Å². The highest BCUT2D eigenvalue weighted by Crippen LogP contribution is 2.18. The highest BCUT2D eigenvalue weighted by molar-refractivity contribution is 5.49. The van der Waals surface area contributed by atoms with Crippen LogP contribution in [0, 0.1) is 6.92 Å². The minimum atomic E-state index is 0.249. The maximum atomic E-state index is 8.92. The van der Waals surface area contributed by atoms with Gasteiger partial charge >= 0.3 is 0 Å². The fourth-order valence-electron chi connectivity index (χ4n) is 1.89. The Morgan fingerprint density at radius 1 is 1.35 bits per heavy atom. The van der Waals surface area contributed by atoms with Crippen molar-refractivity contribution in [3.8, 4) is 0 Å². The molecule has 0 heterocycles. The molecule has 17 heavy (non-hydrogen) atoms. The lowest BCUT2D eigenvalue weighted by Gasteiger charge is -2.27. The molecule has 3 nitrogen and oxygen atoms in total. The number of hydrogen-bond donors (Lipinski definition) is 2. The predicted octanol–water partition coefficient (Wildman–Crippen LogP) is 2.17. The molecule has 0 unspecified atom stereocenters. The molecule has 0 radical (unpaired) electrons. The lowest BCUT2D eigenvalue weighted by Crippen LogP contribution is -2.32. The van der Waals surface area contributed by atoms with Crippen molar-refractivity contribution in [2.75, 3.05) is 18.9 Å². The largest absolute Gasteiger partial charge is 0.399 e. The van der Waals surface area contributed by atoms with Crippen LogP contribution in [0.1, 0.15) is 31.4 Å². The topological polar surface area (TPSA) is 49.5 Å². The van der Waals surface area contributed by atoms with Crippen molar-refractivity contribution < 1.29 is 5.11 Å². The summed E-state index contributed by atoms with van der Waals surface area (Å²) in [7, 11) is 0. The Hall–Kier alpha value is -1.06. The average Bonchev–Trinajstić information content (AvgIpc) is 2.29. The Kier molecular flexibility index (Phi) is 5.45. The van der Waals surface area contributed by atoms with Crippen molar-refractivity contribution in [3.63, 3.8) is 0 Å². The molecule has 0 saturated heterocycles. The lowest BCUT2D eigenvalue weighted by molar-refractivity contribution is 0.184. The van der Waals surface area contributed by atoms with E-state index < -0.39 is 0 Å². The third-order valence-electron chi connectivity index (χ3n) is 3.20. The van der Waals surface area contributed by atoms with E-state index in [2.05, 4.69) is 31.7 Å². The van der Waals surface area contributed by atoms with Gasteiger partial charge in [0.2, 0.25) is 0 Å². The molecule has 0 fully saturated rings. The Morgan fingerprint density at radius 3 is 2.65 bits per heavy atom. The summed E-state index contributed by atoms with van der Waals surface area (Å²) >= 11 is 0.